The average Bonchev–Trinajstić information content (AvgIpc) is 3.71. The predicted octanol–water partition coefficient (Wildman–Crippen LogP) is 2.10. The third-order valence-corrected chi connectivity index (χ3v) is 10.6. The predicted molar refractivity (Wildman–Crippen MR) is 218 cm³/mol. The van der Waals surface area contributed by atoms with E-state index >= 15 is 0 Å². The van der Waals surface area contributed by atoms with Crippen molar-refractivity contribution in [2.75, 3.05) is 26.4 Å². The Balaban J connectivity index is 1.09. The summed E-state index contributed by atoms with van der Waals surface area (Å²) in [5.41, 5.74) is 3.60. The third-order valence-electron chi connectivity index (χ3n) is 10.6. The van der Waals surface area contributed by atoms with Crippen LogP contribution in [0.3, 0.4) is 0 Å². The number of esters is 1. The van der Waals surface area contributed by atoms with Gasteiger partial charge in [-0.25, -0.2) is 4.79 Å². The molecule has 2 amide bonds. The van der Waals surface area contributed by atoms with Gasteiger partial charge >= 0.3 is 5.97 Å². The van der Waals surface area contributed by atoms with Crippen LogP contribution in [0.4, 0.5) is 0 Å². The van der Waals surface area contributed by atoms with Gasteiger partial charge in [-0.05, 0) is 41.5 Å². The number of ether oxygens (including phenoxy) is 5. The molecule has 4 aromatic rings. The number of carbonyl (C=O) groups is 3. The van der Waals surface area contributed by atoms with E-state index in [-0.39, 0.29) is 44.2 Å². The summed E-state index contributed by atoms with van der Waals surface area (Å²) in [4.78, 5) is 40.3. The number of benzene rings is 4. The Labute approximate surface area is 351 Å². The molecule has 320 valence electrons. The molecule has 4 aromatic carbocycles. The molecule has 8 unspecified atom stereocenters. The SMILES string of the molecule is O=C(NCc1cccc(C(=O)NCCO)c1)C1=CC2OC(c3ccccc3)(c3ccccc3)OC2C(OC(=O)c2cccc(C=CCOC3OC(CO)C(O)C(O)C3O)c2)C1. The molecule has 15 heteroatoms. The first-order valence-corrected chi connectivity index (χ1v) is 19.9. The first kappa shape index (κ1) is 43.5. The van der Waals surface area contributed by atoms with Gasteiger partial charge in [0.15, 0.2) is 6.29 Å². The number of aliphatic hydroxyl groups excluding tert-OH is 5. The summed E-state index contributed by atoms with van der Waals surface area (Å²) >= 11 is 0. The van der Waals surface area contributed by atoms with Crippen molar-refractivity contribution in [3.05, 3.63) is 160 Å². The van der Waals surface area contributed by atoms with E-state index in [4.69, 9.17) is 28.8 Å². The lowest BCUT2D eigenvalue weighted by molar-refractivity contribution is -0.298. The molecule has 0 saturated carbocycles. The van der Waals surface area contributed by atoms with Gasteiger partial charge in [0.05, 0.1) is 25.4 Å². The van der Waals surface area contributed by atoms with Crippen molar-refractivity contribution in [3.63, 3.8) is 0 Å². The van der Waals surface area contributed by atoms with Crippen molar-refractivity contribution in [1.82, 2.24) is 10.6 Å². The minimum Gasteiger partial charge on any atom is -0.456 e. The monoisotopic (exact) mass is 836 g/mol. The maximum Gasteiger partial charge on any atom is 0.338 e. The minimum absolute atomic E-state index is 0.000247. The van der Waals surface area contributed by atoms with Crippen LogP contribution in [0.1, 0.15) is 49.4 Å². The number of carbonyl (C=O) groups excluding carboxylic acids is 3. The molecule has 1 aliphatic carbocycles. The first-order chi connectivity index (χ1) is 29.6. The summed E-state index contributed by atoms with van der Waals surface area (Å²) in [6.45, 7) is -0.646. The van der Waals surface area contributed by atoms with E-state index in [1.807, 2.05) is 60.7 Å². The van der Waals surface area contributed by atoms with Crippen molar-refractivity contribution in [2.45, 2.75) is 67.8 Å². The smallest absolute Gasteiger partial charge is 0.338 e. The fourth-order valence-electron chi connectivity index (χ4n) is 7.50. The molecular weight excluding hydrogens is 789 g/mol. The lowest BCUT2D eigenvalue weighted by atomic mass is 9.91. The Kier molecular flexibility index (Phi) is 14.2. The van der Waals surface area contributed by atoms with Gasteiger partial charge in [-0.15, -0.1) is 0 Å². The van der Waals surface area contributed by atoms with Gasteiger partial charge in [0.1, 0.15) is 42.7 Å². The highest BCUT2D eigenvalue weighted by Crippen LogP contribution is 2.47. The van der Waals surface area contributed by atoms with Gasteiger partial charge in [-0.1, -0.05) is 97.1 Å². The Morgan fingerprint density at radius 2 is 1.48 bits per heavy atom. The highest BCUT2D eigenvalue weighted by atomic mass is 16.8. The second-order valence-electron chi connectivity index (χ2n) is 14.8. The van der Waals surface area contributed by atoms with Crippen LogP contribution in [0.25, 0.3) is 6.08 Å². The lowest BCUT2D eigenvalue weighted by Crippen LogP contribution is -2.59. The molecule has 8 atom stereocenters. The Bertz CT molecular complexity index is 2160. The van der Waals surface area contributed by atoms with Crippen molar-refractivity contribution < 1.29 is 63.6 Å². The zero-order chi connectivity index (χ0) is 42.9. The van der Waals surface area contributed by atoms with Gasteiger partial charge in [-0.3, -0.25) is 9.59 Å². The quantitative estimate of drug-likeness (QED) is 0.0854. The average molecular weight is 837 g/mol. The Morgan fingerprint density at radius 1 is 0.770 bits per heavy atom. The van der Waals surface area contributed by atoms with Crippen molar-refractivity contribution in [1.29, 1.82) is 0 Å². The normalized spacial score (nSPS) is 25.6. The number of nitrogens with one attached hydrogen (secondary N) is 2. The fraction of sp³-hybridized carbons (Fsp3) is 0.326. The lowest BCUT2D eigenvalue weighted by Gasteiger charge is -2.39. The summed E-state index contributed by atoms with van der Waals surface area (Å²) in [6, 6.07) is 32.2. The van der Waals surface area contributed by atoms with E-state index in [0.29, 0.717) is 33.4 Å². The van der Waals surface area contributed by atoms with E-state index in [0.717, 1.165) is 0 Å². The van der Waals surface area contributed by atoms with Gasteiger partial charge < -0.3 is 59.9 Å². The molecule has 7 N–H and O–H groups in total. The second-order valence-corrected chi connectivity index (χ2v) is 14.8. The number of hydrogen-bond donors (Lipinski definition) is 7. The first-order valence-electron chi connectivity index (χ1n) is 19.9. The second kappa shape index (κ2) is 19.9. The van der Waals surface area contributed by atoms with E-state index in [1.165, 1.54) is 0 Å². The number of rotatable bonds is 15. The number of aliphatic hydroxyl groups is 5. The maximum atomic E-state index is 13.9. The third kappa shape index (κ3) is 9.97. The molecule has 0 aromatic heterocycles. The van der Waals surface area contributed by atoms with Crippen LogP contribution < -0.4 is 10.6 Å². The van der Waals surface area contributed by atoms with Gasteiger partial charge in [0, 0.05) is 41.8 Å². The summed E-state index contributed by atoms with van der Waals surface area (Å²) in [5.74, 6) is -2.85. The molecule has 2 aliphatic heterocycles. The fourth-order valence-corrected chi connectivity index (χ4v) is 7.50. The molecule has 0 radical (unpaired) electrons. The van der Waals surface area contributed by atoms with Crippen LogP contribution >= 0.6 is 0 Å². The summed E-state index contributed by atoms with van der Waals surface area (Å²) in [6.07, 6.45) is -4.65. The van der Waals surface area contributed by atoms with Gasteiger partial charge in [0.2, 0.25) is 11.7 Å². The molecule has 0 bridgehead atoms. The van der Waals surface area contributed by atoms with Crippen molar-refractivity contribution in [2.24, 2.45) is 0 Å². The van der Waals surface area contributed by atoms with Crippen LogP contribution in [0, 0.1) is 0 Å². The van der Waals surface area contributed by atoms with Crippen LogP contribution in [0.5, 0.6) is 0 Å². The van der Waals surface area contributed by atoms with Crippen LogP contribution in [-0.2, 0) is 40.8 Å². The highest BCUT2D eigenvalue weighted by Gasteiger charge is 2.55. The molecule has 2 fully saturated rings. The number of amides is 2. The molecule has 7 rings (SSSR count). The summed E-state index contributed by atoms with van der Waals surface area (Å²) in [7, 11) is 0. The van der Waals surface area contributed by atoms with Gasteiger partial charge in [-0.2, -0.15) is 0 Å². The zero-order valence-electron chi connectivity index (χ0n) is 33.0. The number of hydrogen-bond acceptors (Lipinski definition) is 13. The summed E-state index contributed by atoms with van der Waals surface area (Å²) in [5, 5.41) is 54.4. The van der Waals surface area contributed by atoms with E-state index in [1.54, 1.807) is 66.8 Å². The molecule has 2 saturated heterocycles. The van der Waals surface area contributed by atoms with E-state index < -0.39 is 73.3 Å². The van der Waals surface area contributed by atoms with Crippen LogP contribution in [-0.4, -0.2) is 119 Å². The summed E-state index contributed by atoms with van der Waals surface area (Å²) < 4.78 is 30.8. The molecule has 3 aliphatic rings. The van der Waals surface area contributed by atoms with Crippen LogP contribution in [0.15, 0.2) is 127 Å². The Morgan fingerprint density at radius 3 is 2.18 bits per heavy atom. The highest BCUT2D eigenvalue weighted by molar-refractivity contribution is 5.95. The number of fused-ring (bicyclic) bond motifs is 1. The largest absolute Gasteiger partial charge is 0.456 e. The van der Waals surface area contributed by atoms with Crippen molar-refractivity contribution >= 4 is 23.9 Å². The van der Waals surface area contributed by atoms with Gasteiger partial charge in [0.25, 0.3) is 5.91 Å². The van der Waals surface area contributed by atoms with E-state index in [9.17, 15) is 34.8 Å². The molecule has 0 spiro atoms. The van der Waals surface area contributed by atoms with Crippen molar-refractivity contribution in [3.8, 4) is 0 Å². The molecular formula is C46H48N2O13. The zero-order valence-corrected chi connectivity index (χ0v) is 33.0. The molecule has 15 nitrogen and oxygen atoms in total. The van der Waals surface area contributed by atoms with E-state index in [2.05, 4.69) is 10.6 Å². The standard InChI is InChI=1S/C46H48N2O13/c49-20-19-47-42(54)30-13-8-11-29(23-30)26-48-43(55)32-24-35(41-36(25-32)60-46(61-41,33-15-3-1-4-16-33)34-17-5-2-6-18-34)58-44(56)31-14-7-10-28(22-31)12-9-21-57-45-40(53)39(52)38(51)37(27-50)59-45/h1-18,22-23,25,35-41,45,49-53H,19-21,24,26-27H2,(H,47,54)(H,48,55). The molecule has 61 heavy (non-hydrogen) atoms. The minimum atomic E-state index is -1.57. The van der Waals surface area contributed by atoms with Crippen LogP contribution in [0.2, 0.25) is 0 Å². The maximum absolute atomic E-state index is 13.9. The topological polar surface area (TPSA) is 223 Å². The molecule has 2 heterocycles. The Hall–Kier alpha value is -5.59.